The molecule has 0 spiro atoms. The Kier molecular flexibility index (Phi) is 7.65. The Balaban J connectivity index is 1.45. The molecule has 5 nitrogen and oxygen atoms in total. The minimum Gasteiger partial charge on any atom is -0.337 e. The van der Waals surface area contributed by atoms with Crippen molar-refractivity contribution in [2.24, 2.45) is 0 Å². The number of carbonyl (C=O) groups excluding carboxylic acids is 1. The molecule has 0 atom stereocenters. The minimum atomic E-state index is -0.321. The lowest BCUT2D eigenvalue weighted by Crippen LogP contribution is -2.34. The van der Waals surface area contributed by atoms with E-state index in [0.717, 1.165) is 53.3 Å². The van der Waals surface area contributed by atoms with Crippen LogP contribution >= 0.6 is 0 Å². The average Bonchev–Trinajstić information content (AvgIpc) is 3.27. The highest BCUT2D eigenvalue weighted by atomic mass is 19.1. The predicted molar refractivity (Wildman–Crippen MR) is 144 cm³/mol. The summed E-state index contributed by atoms with van der Waals surface area (Å²) in [6, 6.07) is 21.2. The number of carbonyl (C=O) groups is 1. The van der Waals surface area contributed by atoms with Crippen LogP contribution in [-0.2, 0) is 37.3 Å². The molecule has 3 aromatic carbocycles. The van der Waals surface area contributed by atoms with Gasteiger partial charge in [-0.3, -0.25) is 9.69 Å². The van der Waals surface area contributed by atoms with E-state index < -0.39 is 0 Å². The SMILES string of the molecule is CCN(Cc1nn(-c2cc(F)ccc2C)c2c1CN(Cc1ccccc1)CC2)C(=O)Cc1ccc(F)cc1. The highest BCUT2D eigenvalue weighted by molar-refractivity contribution is 5.78. The van der Waals surface area contributed by atoms with Crippen LogP contribution in [0.5, 0.6) is 0 Å². The first kappa shape index (κ1) is 25.8. The molecule has 1 aliphatic rings. The second kappa shape index (κ2) is 11.3. The summed E-state index contributed by atoms with van der Waals surface area (Å²) in [6.45, 7) is 7.18. The second-order valence-corrected chi connectivity index (χ2v) is 9.87. The normalized spacial score (nSPS) is 13.4. The molecular weight excluding hydrogens is 482 g/mol. The van der Waals surface area contributed by atoms with Crippen molar-refractivity contribution in [3.8, 4) is 5.69 Å². The zero-order valence-corrected chi connectivity index (χ0v) is 21.8. The smallest absolute Gasteiger partial charge is 0.227 e. The Morgan fingerprint density at radius 2 is 1.71 bits per heavy atom. The van der Waals surface area contributed by atoms with Crippen LogP contribution in [0.2, 0.25) is 0 Å². The fraction of sp³-hybridized carbons (Fsp3) is 0.290. The maximum absolute atomic E-state index is 14.3. The van der Waals surface area contributed by atoms with Gasteiger partial charge in [-0.05, 0) is 54.8 Å². The summed E-state index contributed by atoms with van der Waals surface area (Å²) in [7, 11) is 0. The molecule has 1 aromatic heterocycles. The molecule has 0 saturated heterocycles. The number of amides is 1. The maximum atomic E-state index is 14.3. The van der Waals surface area contributed by atoms with E-state index >= 15 is 0 Å². The van der Waals surface area contributed by atoms with Gasteiger partial charge in [-0.2, -0.15) is 5.10 Å². The lowest BCUT2D eigenvalue weighted by atomic mass is 10.0. The van der Waals surface area contributed by atoms with E-state index in [1.165, 1.54) is 29.8 Å². The molecule has 0 aliphatic carbocycles. The highest BCUT2D eigenvalue weighted by Gasteiger charge is 2.28. The first-order valence-electron chi connectivity index (χ1n) is 13.1. The fourth-order valence-corrected chi connectivity index (χ4v) is 5.10. The van der Waals surface area contributed by atoms with Crippen LogP contribution in [0, 0.1) is 18.6 Å². The molecule has 0 N–H and O–H groups in total. The van der Waals surface area contributed by atoms with E-state index in [0.29, 0.717) is 19.6 Å². The number of aromatic nitrogens is 2. The van der Waals surface area contributed by atoms with Crippen LogP contribution < -0.4 is 0 Å². The van der Waals surface area contributed by atoms with Gasteiger partial charge in [0.05, 0.1) is 30.0 Å². The van der Waals surface area contributed by atoms with E-state index in [1.807, 2.05) is 36.7 Å². The summed E-state index contributed by atoms with van der Waals surface area (Å²) in [5, 5.41) is 4.97. The summed E-state index contributed by atoms with van der Waals surface area (Å²) < 4.78 is 29.5. The number of nitrogens with zero attached hydrogens (tertiary/aromatic N) is 4. The largest absolute Gasteiger partial charge is 0.337 e. The van der Waals surface area contributed by atoms with Crippen LogP contribution in [-0.4, -0.2) is 38.6 Å². The van der Waals surface area contributed by atoms with Gasteiger partial charge in [0, 0.05) is 38.2 Å². The monoisotopic (exact) mass is 514 g/mol. The first-order chi connectivity index (χ1) is 18.4. The Bertz CT molecular complexity index is 1420. The third kappa shape index (κ3) is 5.68. The Labute approximate surface area is 222 Å². The van der Waals surface area contributed by atoms with Crippen molar-refractivity contribution in [3.05, 3.63) is 118 Å². The molecule has 5 rings (SSSR count). The molecule has 0 radical (unpaired) electrons. The van der Waals surface area contributed by atoms with Crippen molar-refractivity contribution in [3.63, 3.8) is 0 Å². The third-order valence-electron chi connectivity index (χ3n) is 7.21. The van der Waals surface area contributed by atoms with E-state index in [1.54, 1.807) is 23.1 Å². The van der Waals surface area contributed by atoms with Gasteiger partial charge in [-0.15, -0.1) is 0 Å². The van der Waals surface area contributed by atoms with Crippen molar-refractivity contribution < 1.29 is 13.6 Å². The van der Waals surface area contributed by atoms with Crippen LogP contribution in [0.25, 0.3) is 5.69 Å². The minimum absolute atomic E-state index is 0.0405. The van der Waals surface area contributed by atoms with Gasteiger partial charge in [0.1, 0.15) is 11.6 Å². The standard InChI is InChI=1S/C31H32F2N4O/c1-3-36(31(38)17-23-10-13-25(32)14-11-23)21-28-27-20-35(19-24-7-5-4-6-8-24)16-15-29(27)37(34-28)30-18-26(33)12-9-22(30)2/h4-14,18H,3,15-17,19-21H2,1-2H3. The topological polar surface area (TPSA) is 41.4 Å². The van der Waals surface area contributed by atoms with Crippen LogP contribution in [0.1, 0.15) is 40.6 Å². The van der Waals surface area contributed by atoms with Gasteiger partial charge in [0.2, 0.25) is 5.91 Å². The summed E-state index contributed by atoms with van der Waals surface area (Å²) >= 11 is 0. The number of halogens is 2. The quantitative estimate of drug-likeness (QED) is 0.307. The summed E-state index contributed by atoms with van der Waals surface area (Å²) in [5.41, 5.74) is 6.68. The van der Waals surface area contributed by atoms with Gasteiger partial charge in [0.15, 0.2) is 0 Å². The molecule has 38 heavy (non-hydrogen) atoms. The van der Waals surface area contributed by atoms with E-state index in [4.69, 9.17) is 5.10 Å². The maximum Gasteiger partial charge on any atom is 0.227 e. The molecule has 4 aromatic rings. The van der Waals surface area contributed by atoms with Crippen LogP contribution in [0.15, 0.2) is 72.8 Å². The highest BCUT2D eigenvalue weighted by Crippen LogP contribution is 2.29. The number of fused-ring (bicyclic) bond motifs is 1. The molecule has 0 unspecified atom stereocenters. The number of rotatable bonds is 8. The van der Waals surface area contributed by atoms with Crippen molar-refractivity contribution in [1.82, 2.24) is 19.6 Å². The summed E-state index contributed by atoms with van der Waals surface area (Å²) in [5.74, 6) is -0.665. The van der Waals surface area contributed by atoms with Gasteiger partial charge in [0.25, 0.3) is 0 Å². The second-order valence-electron chi connectivity index (χ2n) is 9.87. The van der Waals surface area contributed by atoms with Gasteiger partial charge in [-0.1, -0.05) is 48.5 Å². The number of likely N-dealkylation sites (N-methyl/N-ethyl adjacent to an activating group) is 1. The predicted octanol–water partition coefficient (Wildman–Crippen LogP) is 5.61. The van der Waals surface area contributed by atoms with Crippen molar-refractivity contribution in [2.75, 3.05) is 13.1 Å². The molecule has 1 amide bonds. The lowest BCUT2D eigenvalue weighted by molar-refractivity contribution is -0.130. The van der Waals surface area contributed by atoms with Gasteiger partial charge < -0.3 is 4.90 Å². The molecule has 0 fully saturated rings. The lowest BCUT2D eigenvalue weighted by Gasteiger charge is -2.28. The Morgan fingerprint density at radius 1 is 0.974 bits per heavy atom. The van der Waals surface area contributed by atoms with Crippen LogP contribution in [0.3, 0.4) is 0 Å². The van der Waals surface area contributed by atoms with Crippen molar-refractivity contribution in [2.45, 2.75) is 46.3 Å². The van der Waals surface area contributed by atoms with E-state index in [-0.39, 0.29) is 24.0 Å². The molecule has 0 saturated carbocycles. The number of benzene rings is 3. The van der Waals surface area contributed by atoms with Crippen LogP contribution in [0.4, 0.5) is 8.78 Å². The Morgan fingerprint density at radius 3 is 2.45 bits per heavy atom. The molecule has 7 heteroatoms. The van der Waals surface area contributed by atoms with Crippen molar-refractivity contribution >= 4 is 5.91 Å². The molecular formula is C31H32F2N4O. The zero-order chi connectivity index (χ0) is 26.6. The molecule has 0 bridgehead atoms. The zero-order valence-electron chi connectivity index (χ0n) is 21.8. The summed E-state index contributed by atoms with van der Waals surface area (Å²) in [6.07, 6.45) is 0.973. The third-order valence-corrected chi connectivity index (χ3v) is 7.21. The van der Waals surface area contributed by atoms with Crippen molar-refractivity contribution in [1.29, 1.82) is 0 Å². The summed E-state index contributed by atoms with van der Waals surface area (Å²) in [4.78, 5) is 17.4. The van der Waals surface area contributed by atoms with E-state index in [2.05, 4.69) is 17.0 Å². The molecule has 2 heterocycles. The number of hydrogen-bond acceptors (Lipinski definition) is 3. The molecule has 1 aliphatic heterocycles. The molecule has 196 valence electrons. The van der Waals surface area contributed by atoms with Gasteiger partial charge >= 0.3 is 0 Å². The Hall–Kier alpha value is -3.84. The fourth-order valence-electron chi connectivity index (χ4n) is 5.10. The average molecular weight is 515 g/mol. The first-order valence-corrected chi connectivity index (χ1v) is 13.1. The number of aryl methyl sites for hydroxylation is 1. The van der Waals surface area contributed by atoms with E-state index in [9.17, 15) is 13.6 Å². The number of hydrogen-bond donors (Lipinski definition) is 0. The van der Waals surface area contributed by atoms with Gasteiger partial charge in [-0.25, -0.2) is 13.5 Å².